The van der Waals surface area contributed by atoms with Gasteiger partial charge in [0.05, 0.1) is 16.2 Å². The van der Waals surface area contributed by atoms with Gasteiger partial charge in [-0.1, -0.05) is 19.1 Å². The normalized spacial score (nSPS) is 12.9. The molecule has 1 aromatic carbocycles. The Morgan fingerprint density at radius 2 is 1.89 bits per heavy atom. The smallest absolute Gasteiger partial charge is 0.337 e. The van der Waals surface area contributed by atoms with E-state index in [0.717, 1.165) is 0 Å². The number of primary amides is 1. The summed E-state index contributed by atoms with van der Waals surface area (Å²) in [5.41, 5.74) is 4.69. The molecule has 1 aromatic rings. The van der Waals surface area contributed by atoms with Crippen LogP contribution < -0.4 is 5.73 Å². The van der Waals surface area contributed by atoms with Crippen LogP contribution in [0, 0.1) is 5.92 Å². The van der Waals surface area contributed by atoms with Crippen LogP contribution in [-0.2, 0) is 14.6 Å². The van der Waals surface area contributed by atoms with E-state index >= 15 is 0 Å². The Morgan fingerprint density at radius 3 is 2.39 bits per heavy atom. The Bertz CT molecular complexity index is 579. The molecule has 0 radical (unpaired) electrons. The first-order chi connectivity index (χ1) is 8.25. The van der Waals surface area contributed by atoms with Gasteiger partial charge in [-0.05, 0) is 12.1 Å². The number of benzene rings is 1. The molecule has 98 valence electrons. The summed E-state index contributed by atoms with van der Waals surface area (Å²) in [5.74, 6) is -3.46. The monoisotopic (exact) mass is 271 g/mol. The van der Waals surface area contributed by atoms with Gasteiger partial charge in [0.15, 0.2) is 9.84 Å². The standard InChI is InChI=1S/C11H13NO5S/c1-7(10(12)13)6-18(16,17)9-5-3-2-4-8(9)11(14)15/h2-5,7H,6H2,1H3,(H2,12,13)(H,14,15). The van der Waals surface area contributed by atoms with Gasteiger partial charge < -0.3 is 10.8 Å². The van der Waals surface area contributed by atoms with Gasteiger partial charge >= 0.3 is 5.97 Å². The van der Waals surface area contributed by atoms with Crippen LogP contribution in [0.15, 0.2) is 29.2 Å². The number of hydrogen-bond acceptors (Lipinski definition) is 4. The number of hydrogen-bond donors (Lipinski definition) is 2. The van der Waals surface area contributed by atoms with Crippen molar-refractivity contribution in [2.75, 3.05) is 5.75 Å². The molecule has 6 nitrogen and oxygen atoms in total. The molecular weight excluding hydrogens is 258 g/mol. The molecule has 0 heterocycles. The first-order valence-corrected chi connectivity index (χ1v) is 6.75. The maximum Gasteiger partial charge on any atom is 0.337 e. The van der Waals surface area contributed by atoms with Crippen LogP contribution in [0.1, 0.15) is 17.3 Å². The van der Waals surface area contributed by atoms with Gasteiger partial charge in [0.2, 0.25) is 5.91 Å². The maximum absolute atomic E-state index is 12.0. The first kappa shape index (κ1) is 14.2. The summed E-state index contributed by atoms with van der Waals surface area (Å²) >= 11 is 0. The molecule has 0 bridgehead atoms. The molecule has 0 aromatic heterocycles. The van der Waals surface area contributed by atoms with E-state index in [2.05, 4.69) is 0 Å². The summed E-state index contributed by atoms with van der Waals surface area (Å²) in [7, 11) is -3.86. The topological polar surface area (TPSA) is 115 Å². The van der Waals surface area contributed by atoms with Crippen molar-refractivity contribution in [2.45, 2.75) is 11.8 Å². The lowest BCUT2D eigenvalue weighted by atomic mass is 10.2. The Hall–Kier alpha value is -1.89. The van der Waals surface area contributed by atoms with Gasteiger partial charge in [-0.25, -0.2) is 13.2 Å². The fraction of sp³-hybridized carbons (Fsp3) is 0.273. The Kier molecular flexibility index (Phi) is 4.07. The van der Waals surface area contributed by atoms with Crippen molar-refractivity contribution in [1.29, 1.82) is 0 Å². The van der Waals surface area contributed by atoms with E-state index in [-0.39, 0.29) is 10.5 Å². The highest BCUT2D eigenvalue weighted by molar-refractivity contribution is 7.91. The van der Waals surface area contributed by atoms with Crippen LogP contribution in [-0.4, -0.2) is 31.2 Å². The van der Waals surface area contributed by atoms with E-state index < -0.39 is 33.4 Å². The van der Waals surface area contributed by atoms with E-state index in [9.17, 15) is 18.0 Å². The average molecular weight is 271 g/mol. The number of sulfone groups is 1. The van der Waals surface area contributed by atoms with Crippen molar-refractivity contribution < 1.29 is 23.1 Å². The molecule has 1 amide bonds. The van der Waals surface area contributed by atoms with Crippen molar-refractivity contribution in [3.8, 4) is 0 Å². The van der Waals surface area contributed by atoms with E-state index in [1.54, 1.807) is 0 Å². The SMILES string of the molecule is CC(CS(=O)(=O)c1ccccc1C(=O)O)C(N)=O. The van der Waals surface area contributed by atoms with Crippen molar-refractivity contribution in [3.63, 3.8) is 0 Å². The second-order valence-electron chi connectivity index (χ2n) is 3.89. The van der Waals surface area contributed by atoms with E-state index in [1.165, 1.54) is 31.2 Å². The minimum Gasteiger partial charge on any atom is -0.478 e. The number of carbonyl (C=O) groups excluding carboxylic acids is 1. The average Bonchev–Trinajstić information content (AvgIpc) is 2.28. The van der Waals surface area contributed by atoms with Crippen LogP contribution in [0.2, 0.25) is 0 Å². The summed E-state index contributed by atoms with van der Waals surface area (Å²) in [6.45, 7) is 1.38. The summed E-state index contributed by atoms with van der Waals surface area (Å²) in [4.78, 5) is 21.5. The fourth-order valence-corrected chi connectivity index (χ4v) is 3.19. The molecular formula is C11H13NO5S. The van der Waals surface area contributed by atoms with Crippen molar-refractivity contribution in [3.05, 3.63) is 29.8 Å². The highest BCUT2D eigenvalue weighted by Gasteiger charge is 2.25. The molecule has 3 N–H and O–H groups in total. The van der Waals surface area contributed by atoms with Gasteiger partial charge in [-0.15, -0.1) is 0 Å². The number of nitrogens with two attached hydrogens (primary N) is 1. The van der Waals surface area contributed by atoms with E-state index in [1.807, 2.05) is 0 Å². The molecule has 1 unspecified atom stereocenters. The third kappa shape index (κ3) is 3.07. The van der Waals surface area contributed by atoms with Crippen molar-refractivity contribution in [2.24, 2.45) is 11.7 Å². The predicted octanol–water partition coefficient (Wildman–Crippen LogP) is 0.280. The molecule has 0 aliphatic carbocycles. The number of carboxylic acid groups (broad SMARTS) is 1. The molecule has 0 aliphatic rings. The molecule has 7 heteroatoms. The molecule has 1 rings (SSSR count). The molecule has 0 spiro atoms. The van der Waals surface area contributed by atoms with Crippen LogP contribution in [0.3, 0.4) is 0 Å². The minimum atomic E-state index is -3.86. The van der Waals surface area contributed by atoms with Gasteiger partial charge in [-0.3, -0.25) is 4.79 Å². The summed E-state index contributed by atoms with van der Waals surface area (Å²) < 4.78 is 24.0. The van der Waals surface area contributed by atoms with Crippen molar-refractivity contribution >= 4 is 21.7 Å². The van der Waals surface area contributed by atoms with Gasteiger partial charge in [0.1, 0.15) is 0 Å². The summed E-state index contributed by atoms with van der Waals surface area (Å²) in [6.07, 6.45) is 0. The summed E-state index contributed by atoms with van der Waals surface area (Å²) in [5, 5.41) is 8.92. The van der Waals surface area contributed by atoms with Gasteiger partial charge in [0, 0.05) is 5.92 Å². The molecule has 0 saturated heterocycles. The second kappa shape index (κ2) is 5.18. The minimum absolute atomic E-state index is 0.300. The molecule has 0 saturated carbocycles. The third-order valence-electron chi connectivity index (χ3n) is 2.41. The number of carbonyl (C=O) groups is 2. The Balaban J connectivity index is 3.21. The largest absolute Gasteiger partial charge is 0.478 e. The first-order valence-electron chi connectivity index (χ1n) is 5.10. The van der Waals surface area contributed by atoms with Crippen LogP contribution in [0.4, 0.5) is 0 Å². The molecule has 1 atom stereocenters. The lowest BCUT2D eigenvalue weighted by Crippen LogP contribution is -2.28. The number of rotatable bonds is 5. The summed E-state index contributed by atoms with van der Waals surface area (Å²) in [6, 6.07) is 5.25. The molecule has 0 fully saturated rings. The Morgan fingerprint density at radius 1 is 1.33 bits per heavy atom. The van der Waals surface area contributed by atoms with E-state index in [4.69, 9.17) is 10.8 Å². The lowest BCUT2D eigenvalue weighted by Gasteiger charge is -2.10. The number of aromatic carboxylic acids is 1. The van der Waals surface area contributed by atoms with Crippen LogP contribution in [0.25, 0.3) is 0 Å². The number of carboxylic acids is 1. The van der Waals surface area contributed by atoms with E-state index in [0.29, 0.717) is 0 Å². The lowest BCUT2D eigenvalue weighted by molar-refractivity contribution is -0.120. The van der Waals surface area contributed by atoms with Crippen LogP contribution in [0.5, 0.6) is 0 Å². The van der Waals surface area contributed by atoms with Gasteiger partial charge in [-0.2, -0.15) is 0 Å². The zero-order valence-electron chi connectivity index (χ0n) is 9.66. The fourth-order valence-electron chi connectivity index (χ4n) is 1.42. The predicted molar refractivity (Wildman–Crippen MR) is 63.8 cm³/mol. The second-order valence-corrected chi connectivity index (χ2v) is 5.89. The van der Waals surface area contributed by atoms with Gasteiger partial charge in [0.25, 0.3) is 0 Å². The highest BCUT2D eigenvalue weighted by atomic mass is 32.2. The molecule has 18 heavy (non-hydrogen) atoms. The molecule has 0 aliphatic heterocycles. The zero-order chi connectivity index (χ0) is 13.9. The maximum atomic E-state index is 12.0. The Labute approximate surface area is 104 Å². The zero-order valence-corrected chi connectivity index (χ0v) is 10.5. The highest BCUT2D eigenvalue weighted by Crippen LogP contribution is 2.19. The third-order valence-corrected chi connectivity index (χ3v) is 4.37. The van der Waals surface area contributed by atoms with Crippen molar-refractivity contribution in [1.82, 2.24) is 0 Å². The number of amides is 1. The quantitative estimate of drug-likeness (QED) is 0.798. The van der Waals surface area contributed by atoms with Crippen LogP contribution >= 0.6 is 0 Å².